The Morgan fingerprint density at radius 3 is 2.57 bits per heavy atom. The van der Waals surface area contributed by atoms with Crippen LogP contribution in [0, 0.1) is 0 Å². The number of hydrogen-bond donors (Lipinski definition) is 4. The molecule has 23 heavy (non-hydrogen) atoms. The van der Waals surface area contributed by atoms with Crippen LogP contribution in [0.15, 0.2) is 18.2 Å². The Hall–Kier alpha value is -1.46. The molecule has 1 saturated heterocycles. The van der Waals surface area contributed by atoms with Crippen molar-refractivity contribution in [3.63, 3.8) is 0 Å². The van der Waals surface area contributed by atoms with Crippen LogP contribution in [0.3, 0.4) is 0 Å². The summed E-state index contributed by atoms with van der Waals surface area (Å²) in [5.74, 6) is -0.163. The van der Waals surface area contributed by atoms with Crippen molar-refractivity contribution in [2.45, 2.75) is 36.8 Å². The third-order valence-electron chi connectivity index (χ3n) is 3.47. The summed E-state index contributed by atoms with van der Waals surface area (Å²) in [6, 6.07) is 2.17. The van der Waals surface area contributed by atoms with Crippen molar-refractivity contribution in [1.82, 2.24) is 4.98 Å². The molecule has 0 amide bonds. The number of halogens is 3. The van der Waals surface area contributed by atoms with E-state index in [-0.39, 0.29) is 5.82 Å². The van der Waals surface area contributed by atoms with Gasteiger partial charge in [-0.1, -0.05) is 6.07 Å². The lowest BCUT2D eigenvalue weighted by molar-refractivity contribution is -0.254. The van der Waals surface area contributed by atoms with E-state index >= 15 is 0 Å². The number of alkyl halides is 3. The topological polar surface area (TPSA) is 104 Å². The fourth-order valence-corrected chi connectivity index (χ4v) is 2.28. The number of aliphatic hydroxyl groups excluding tert-OH is 3. The molecule has 0 bridgehead atoms. The van der Waals surface area contributed by atoms with Gasteiger partial charge in [0.05, 0.1) is 6.61 Å². The first kappa shape index (κ1) is 17.9. The van der Waals surface area contributed by atoms with Crippen LogP contribution in [0.2, 0.25) is 0 Å². The lowest BCUT2D eigenvalue weighted by atomic mass is 9.97. The lowest BCUT2D eigenvalue weighted by Crippen LogP contribution is -2.61. The molecule has 5 atom stereocenters. The Kier molecular flexibility index (Phi) is 5.42. The van der Waals surface area contributed by atoms with Crippen LogP contribution in [0.25, 0.3) is 0 Å². The number of nitrogens with one attached hydrogen (secondary N) is 1. The Labute approximate surface area is 129 Å². The highest BCUT2D eigenvalue weighted by atomic mass is 19.4. The van der Waals surface area contributed by atoms with E-state index < -0.39 is 49.1 Å². The maximum Gasteiger partial charge on any atom is 0.433 e. The van der Waals surface area contributed by atoms with Gasteiger partial charge in [0.2, 0.25) is 0 Å². The van der Waals surface area contributed by atoms with Gasteiger partial charge in [0.1, 0.15) is 35.9 Å². The molecule has 2 rings (SSSR count). The molecule has 0 radical (unpaired) electrons. The van der Waals surface area contributed by atoms with Crippen molar-refractivity contribution in [2.75, 3.05) is 19.0 Å². The second-order valence-corrected chi connectivity index (χ2v) is 5.02. The maximum absolute atomic E-state index is 12.7. The predicted molar refractivity (Wildman–Crippen MR) is 71.4 cm³/mol. The van der Waals surface area contributed by atoms with Crippen LogP contribution in [0.5, 0.6) is 0 Å². The second-order valence-electron chi connectivity index (χ2n) is 5.02. The van der Waals surface area contributed by atoms with Crippen LogP contribution in [0.4, 0.5) is 19.0 Å². The van der Waals surface area contributed by atoms with Gasteiger partial charge in [-0.3, -0.25) is 0 Å². The van der Waals surface area contributed by atoms with E-state index in [1.54, 1.807) is 0 Å². The maximum atomic E-state index is 12.7. The highest BCUT2D eigenvalue weighted by molar-refractivity contribution is 5.38. The van der Waals surface area contributed by atoms with Crippen molar-refractivity contribution in [1.29, 1.82) is 0 Å². The summed E-state index contributed by atoms with van der Waals surface area (Å²) < 4.78 is 48.3. The van der Waals surface area contributed by atoms with E-state index in [4.69, 9.17) is 14.6 Å². The SMILES string of the molecule is CO[C@H]1O[C@H](CO)[C@H](O)[C@H](O)[C@H]1Nc1cccc(C(F)(F)F)n1. The van der Waals surface area contributed by atoms with Gasteiger partial charge >= 0.3 is 6.18 Å². The summed E-state index contributed by atoms with van der Waals surface area (Å²) in [6.07, 6.45) is -9.65. The Bertz CT molecular complexity index is 529. The highest BCUT2D eigenvalue weighted by Gasteiger charge is 2.44. The van der Waals surface area contributed by atoms with E-state index in [1.165, 1.54) is 13.2 Å². The second kappa shape index (κ2) is 6.97. The smallest absolute Gasteiger partial charge is 0.394 e. The molecule has 0 saturated carbocycles. The highest BCUT2D eigenvalue weighted by Crippen LogP contribution is 2.29. The number of rotatable bonds is 4. The average Bonchev–Trinajstić information content (AvgIpc) is 2.52. The molecular weight excluding hydrogens is 321 g/mol. The lowest BCUT2D eigenvalue weighted by Gasteiger charge is -2.42. The first-order chi connectivity index (χ1) is 10.8. The number of pyridine rings is 1. The van der Waals surface area contributed by atoms with Gasteiger partial charge in [-0.25, -0.2) is 4.98 Å². The molecule has 130 valence electrons. The quantitative estimate of drug-likeness (QED) is 0.611. The van der Waals surface area contributed by atoms with Crippen molar-refractivity contribution < 1.29 is 38.0 Å². The minimum Gasteiger partial charge on any atom is -0.394 e. The molecule has 7 nitrogen and oxygen atoms in total. The van der Waals surface area contributed by atoms with Gasteiger partial charge in [-0.15, -0.1) is 0 Å². The van der Waals surface area contributed by atoms with E-state index in [1.807, 2.05) is 0 Å². The molecule has 1 fully saturated rings. The van der Waals surface area contributed by atoms with Crippen LogP contribution < -0.4 is 5.32 Å². The molecule has 2 heterocycles. The van der Waals surface area contributed by atoms with Crippen molar-refractivity contribution in [2.24, 2.45) is 0 Å². The third kappa shape index (κ3) is 3.90. The van der Waals surface area contributed by atoms with Gasteiger partial charge in [0.25, 0.3) is 0 Å². The fourth-order valence-electron chi connectivity index (χ4n) is 2.28. The summed E-state index contributed by atoms with van der Waals surface area (Å²) in [6.45, 7) is -0.549. The number of aliphatic hydroxyl groups is 3. The number of nitrogens with zero attached hydrogens (tertiary/aromatic N) is 1. The molecular formula is C13H17F3N2O5. The number of anilines is 1. The molecule has 1 aliphatic rings. The average molecular weight is 338 g/mol. The molecule has 0 spiro atoms. The van der Waals surface area contributed by atoms with Gasteiger partial charge in [0.15, 0.2) is 6.29 Å². The van der Waals surface area contributed by atoms with Crippen LogP contribution >= 0.6 is 0 Å². The van der Waals surface area contributed by atoms with Crippen LogP contribution in [-0.4, -0.2) is 64.7 Å². The molecule has 0 unspecified atom stereocenters. The largest absolute Gasteiger partial charge is 0.433 e. The fraction of sp³-hybridized carbons (Fsp3) is 0.615. The summed E-state index contributed by atoms with van der Waals surface area (Å²) in [5, 5.41) is 31.6. The zero-order valence-electron chi connectivity index (χ0n) is 12.1. The van der Waals surface area contributed by atoms with E-state index in [9.17, 15) is 23.4 Å². The Morgan fingerprint density at radius 2 is 2.00 bits per heavy atom. The first-order valence-electron chi connectivity index (χ1n) is 6.74. The molecule has 10 heteroatoms. The molecule has 1 aromatic rings. The van der Waals surface area contributed by atoms with E-state index in [2.05, 4.69) is 10.3 Å². The first-order valence-corrected chi connectivity index (χ1v) is 6.74. The van der Waals surface area contributed by atoms with Gasteiger partial charge in [-0.2, -0.15) is 13.2 Å². The molecule has 4 N–H and O–H groups in total. The van der Waals surface area contributed by atoms with E-state index in [0.29, 0.717) is 0 Å². The molecule has 0 aromatic carbocycles. The third-order valence-corrected chi connectivity index (χ3v) is 3.47. The van der Waals surface area contributed by atoms with Crippen molar-refractivity contribution in [3.8, 4) is 0 Å². The summed E-state index contributed by atoms with van der Waals surface area (Å²) in [7, 11) is 1.26. The van der Waals surface area contributed by atoms with Crippen LogP contribution in [0.1, 0.15) is 5.69 Å². The normalized spacial score (nSPS) is 31.9. The number of ether oxygens (including phenoxy) is 2. The minimum absolute atomic E-state index is 0.163. The zero-order valence-corrected chi connectivity index (χ0v) is 12.1. The Morgan fingerprint density at radius 1 is 1.30 bits per heavy atom. The van der Waals surface area contributed by atoms with Crippen molar-refractivity contribution in [3.05, 3.63) is 23.9 Å². The number of methoxy groups -OCH3 is 1. The predicted octanol–water partition coefficient (Wildman–Crippen LogP) is -0.0337. The molecule has 0 aliphatic carbocycles. The summed E-state index contributed by atoms with van der Waals surface area (Å²) in [4.78, 5) is 3.42. The zero-order chi connectivity index (χ0) is 17.2. The number of hydrogen-bond acceptors (Lipinski definition) is 7. The Balaban J connectivity index is 2.20. The number of aromatic nitrogens is 1. The summed E-state index contributed by atoms with van der Waals surface area (Å²) in [5.41, 5.74) is -1.10. The molecule has 1 aliphatic heterocycles. The summed E-state index contributed by atoms with van der Waals surface area (Å²) >= 11 is 0. The van der Waals surface area contributed by atoms with Crippen molar-refractivity contribution >= 4 is 5.82 Å². The van der Waals surface area contributed by atoms with Gasteiger partial charge in [0, 0.05) is 7.11 Å². The van der Waals surface area contributed by atoms with E-state index in [0.717, 1.165) is 12.1 Å². The molecule has 1 aromatic heterocycles. The minimum atomic E-state index is -4.61. The van der Waals surface area contributed by atoms with Gasteiger partial charge in [-0.05, 0) is 12.1 Å². The monoisotopic (exact) mass is 338 g/mol. The van der Waals surface area contributed by atoms with Gasteiger partial charge < -0.3 is 30.1 Å². The van der Waals surface area contributed by atoms with Crippen LogP contribution in [-0.2, 0) is 15.7 Å². The standard InChI is InChI=1S/C13H17F3N2O5/c1-22-12-9(11(21)10(20)6(5-19)23-12)18-8-4-2-3-7(17-8)13(14,15)16/h2-4,6,9-12,19-21H,5H2,1H3,(H,17,18)/t6-,9-,10+,11-,12+/m1/s1.